The molecule has 0 bridgehead atoms. The second kappa shape index (κ2) is 12.3. The number of hydrogen-bond acceptors (Lipinski definition) is 15. The summed E-state index contributed by atoms with van der Waals surface area (Å²) in [7, 11) is -11.1. The van der Waals surface area contributed by atoms with Crippen molar-refractivity contribution in [3.63, 3.8) is 0 Å². The SMILES string of the molecule is CC(=O)N[C@H]1[C@H](O[P@@](=O)(OC[C@H]2O[C@@H](n3ccc(=O)[nH]c3=O)[C@H](O)[C@@H]2O)OP(=O)(O)O)O[C@H](CO)[C@@H](O)[C@@H]1O. The summed E-state index contributed by atoms with van der Waals surface area (Å²) in [5, 5.41) is 52.6. The number of aromatic nitrogens is 2. The quantitative estimate of drug-likeness (QED) is 0.113. The van der Waals surface area contributed by atoms with Gasteiger partial charge in [-0.15, -0.1) is 0 Å². The second-order valence-corrected chi connectivity index (χ2v) is 11.4. The van der Waals surface area contributed by atoms with E-state index in [1.807, 2.05) is 4.98 Å². The second-order valence-electron chi connectivity index (χ2n) is 8.42. The van der Waals surface area contributed by atoms with Gasteiger partial charge in [0.25, 0.3) is 5.56 Å². The number of H-pyrrole nitrogens is 1. The van der Waals surface area contributed by atoms with E-state index in [1.165, 1.54) is 0 Å². The molecule has 0 aliphatic carbocycles. The van der Waals surface area contributed by atoms with E-state index in [0.29, 0.717) is 4.57 Å². The summed E-state index contributed by atoms with van der Waals surface area (Å²) >= 11 is 0. The topological polar surface area (TPSA) is 306 Å². The Morgan fingerprint density at radius 3 is 2.28 bits per heavy atom. The number of hydrogen-bond donors (Lipinski definition) is 9. The third kappa shape index (κ3) is 7.66. The van der Waals surface area contributed by atoms with Crippen LogP contribution in [0.5, 0.6) is 0 Å². The number of phosphoric acid groups is 2. The van der Waals surface area contributed by atoms with Gasteiger partial charge in [-0.25, -0.2) is 13.9 Å². The van der Waals surface area contributed by atoms with Crippen LogP contribution in [0.1, 0.15) is 13.2 Å². The van der Waals surface area contributed by atoms with Crippen LogP contribution in [-0.2, 0) is 36.8 Å². The average molecular weight is 607 g/mol. The maximum Gasteiger partial charge on any atom is 0.486 e. The first-order valence-electron chi connectivity index (χ1n) is 11.0. The van der Waals surface area contributed by atoms with Gasteiger partial charge in [-0.3, -0.25) is 28.2 Å². The largest absolute Gasteiger partial charge is 0.486 e. The third-order valence-corrected chi connectivity index (χ3v) is 8.13. The Morgan fingerprint density at radius 2 is 1.72 bits per heavy atom. The molecule has 1 aromatic heterocycles. The predicted octanol–water partition coefficient (Wildman–Crippen LogP) is -4.65. The number of carbonyl (C=O) groups excluding carboxylic acids is 1. The molecule has 20 nitrogen and oxygen atoms in total. The number of amides is 1. The lowest BCUT2D eigenvalue weighted by atomic mass is 9.97. The molecule has 10 atom stereocenters. The standard InChI is InChI=1S/C17H27N3O17P2/c1-6(22)18-10-13(26)11(24)7(4-21)35-16(10)36-39(32,37-38(29,30)31)33-5-8-12(25)14(27)15(34-8)20-3-2-9(23)19-17(20)28/h2-3,7-8,10-16,21,24-27H,4-5H2,1H3,(H,18,22)(H,19,23,28)(H2,29,30,31)/t7-,8-,10-,11-,12-,13-,14-,15-,16+,39-/m1/s1. The van der Waals surface area contributed by atoms with Gasteiger partial charge in [0.15, 0.2) is 12.5 Å². The molecular weight excluding hydrogens is 580 g/mol. The Balaban J connectivity index is 1.83. The highest BCUT2D eigenvalue weighted by atomic mass is 31.3. The number of carbonyl (C=O) groups is 1. The predicted molar refractivity (Wildman–Crippen MR) is 120 cm³/mol. The average Bonchev–Trinajstić information content (AvgIpc) is 3.09. The van der Waals surface area contributed by atoms with Crippen molar-refractivity contribution < 1.29 is 72.1 Å². The number of aliphatic hydroxyl groups excluding tert-OH is 5. The number of phosphoric ester groups is 1. The minimum atomic E-state index is -5.66. The number of aromatic amines is 1. The highest BCUT2D eigenvalue weighted by Gasteiger charge is 2.51. The lowest BCUT2D eigenvalue weighted by Crippen LogP contribution is -2.64. The van der Waals surface area contributed by atoms with Crippen molar-refractivity contribution in [2.75, 3.05) is 13.2 Å². The van der Waals surface area contributed by atoms with Gasteiger partial charge >= 0.3 is 21.3 Å². The highest BCUT2D eigenvalue weighted by Crippen LogP contribution is 2.62. The van der Waals surface area contributed by atoms with Crippen molar-refractivity contribution in [2.24, 2.45) is 0 Å². The molecule has 222 valence electrons. The zero-order valence-corrected chi connectivity index (χ0v) is 21.6. The summed E-state index contributed by atoms with van der Waals surface area (Å²) in [6, 6.07) is -0.797. The monoisotopic (exact) mass is 607 g/mol. The van der Waals surface area contributed by atoms with Crippen LogP contribution in [-0.4, -0.2) is 113 Å². The van der Waals surface area contributed by atoms with Crippen LogP contribution in [0.3, 0.4) is 0 Å². The maximum absolute atomic E-state index is 13.2. The number of rotatable bonds is 10. The summed E-state index contributed by atoms with van der Waals surface area (Å²) in [5.74, 6) is -0.808. The van der Waals surface area contributed by atoms with Crippen molar-refractivity contribution in [1.29, 1.82) is 0 Å². The van der Waals surface area contributed by atoms with Crippen molar-refractivity contribution in [2.45, 2.75) is 62.1 Å². The molecule has 2 fully saturated rings. The van der Waals surface area contributed by atoms with Gasteiger partial charge in [-0.2, -0.15) is 4.31 Å². The molecule has 3 heterocycles. The van der Waals surface area contributed by atoms with Crippen LogP contribution in [0.2, 0.25) is 0 Å². The van der Waals surface area contributed by atoms with Crippen LogP contribution in [0.15, 0.2) is 21.9 Å². The van der Waals surface area contributed by atoms with E-state index in [2.05, 4.69) is 9.63 Å². The first-order valence-corrected chi connectivity index (χ1v) is 14.0. The molecule has 0 aromatic carbocycles. The molecule has 39 heavy (non-hydrogen) atoms. The molecule has 1 amide bonds. The fraction of sp³-hybridized carbons (Fsp3) is 0.706. The van der Waals surface area contributed by atoms with Crippen LogP contribution >= 0.6 is 15.6 Å². The fourth-order valence-corrected chi connectivity index (χ4v) is 5.99. The summed E-state index contributed by atoms with van der Waals surface area (Å²) in [6.07, 6.45) is -13.3. The van der Waals surface area contributed by atoms with E-state index < -0.39 is 101 Å². The minimum Gasteiger partial charge on any atom is -0.394 e. The molecule has 3 rings (SSSR count). The molecule has 22 heteroatoms. The molecule has 9 N–H and O–H groups in total. The Morgan fingerprint density at radius 1 is 1.08 bits per heavy atom. The lowest BCUT2D eigenvalue weighted by Gasteiger charge is -2.42. The molecular formula is C17H27N3O17P2. The van der Waals surface area contributed by atoms with E-state index in [4.69, 9.17) is 18.5 Å². The van der Waals surface area contributed by atoms with E-state index in [-0.39, 0.29) is 0 Å². The van der Waals surface area contributed by atoms with E-state index in [9.17, 15) is 58.8 Å². The molecule has 0 radical (unpaired) electrons. The fourth-order valence-electron chi connectivity index (χ4n) is 3.78. The van der Waals surface area contributed by atoms with Gasteiger partial charge in [0.2, 0.25) is 5.91 Å². The van der Waals surface area contributed by atoms with Crippen molar-refractivity contribution in [3.05, 3.63) is 33.1 Å². The normalized spacial score (nSPS) is 34.9. The Bertz CT molecular complexity index is 1230. The number of ether oxygens (including phenoxy) is 2. The van der Waals surface area contributed by atoms with E-state index in [1.54, 1.807) is 0 Å². The van der Waals surface area contributed by atoms with Gasteiger partial charge < -0.3 is 50.1 Å². The zero-order chi connectivity index (χ0) is 29.3. The number of nitrogens with one attached hydrogen (secondary N) is 2. The molecule has 0 saturated carbocycles. The van der Waals surface area contributed by atoms with Gasteiger partial charge in [0.05, 0.1) is 13.2 Å². The van der Waals surface area contributed by atoms with Crippen LogP contribution < -0.4 is 16.6 Å². The van der Waals surface area contributed by atoms with Crippen LogP contribution in [0.25, 0.3) is 0 Å². The van der Waals surface area contributed by atoms with Crippen LogP contribution in [0, 0.1) is 0 Å². The van der Waals surface area contributed by atoms with Crippen LogP contribution in [0.4, 0.5) is 0 Å². The highest BCUT2D eigenvalue weighted by molar-refractivity contribution is 7.61. The molecule has 0 spiro atoms. The van der Waals surface area contributed by atoms with Gasteiger partial charge in [-0.1, -0.05) is 0 Å². The Hall–Kier alpha value is -1.87. The van der Waals surface area contributed by atoms with Crippen molar-refractivity contribution in [1.82, 2.24) is 14.9 Å². The van der Waals surface area contributed by atoms with E-state index >= 15 is 0 Å². The zero-order valence-electron chi connectivity index (χ0n) is 19.8. The van der Waals surface area contributed by atoms with E-state index in [0.717, 1.165) is 19.2 Å². The van der Waals surface area contributed by atoms with Gasteiger partial charge in [0.1, 0.15) is 42.7 Å². The third-order valence-electron chi connectivity index (χ3n) is 5.55. The smallest absolute Gasteiger partial charge is 0.394 e. The molecule has 0 unspecified atom stereocenters. The maximum atomic E-state index is 13.2. The Labute approximate surface area is 217 Å². The molecule has 2 aliphatic heterocycles. The summed E-state index contributed by atoms with van der Waals surface area (Å²) in [4.78, 5) is 55.3. The number of nitrogens with zero attached hydrogens (tertiary/aromatic N) is 1. The van der Waals surface area contributed by atoms with Crippen molar-refractivity contribution >= 4 is 21.6 Å². The summed E-state index contributed by atoms with van der Waals surface area (Å²) in [6.45, 7) is -0.984. The Kier molecular flexibility index (Phi) is 10.0. The summed E-state index contributed by atoms with van der Waals surface area (Å²) in [5.41, 5.74) is -1.78. The molecule has 1 aromatic rings. The first-order chi connectivity index (χ1) is 18.0. The lowest BCUT2D eigenvalue weighted by molar-refractivity contribution is -0.248. The summed E-state index contributed by atoms with van der Waals surface area (Å²) < 4.78 is 50.1. The first kappa shape index (κ1) is 31.7. The number of aliphatic hydroxyl groups is 5. The molecule has 2 saturated heterocycles. The van der Waals surface area contributed by atoms with Gasteiger partial charge in [0, 0.05) is 19.2 Å². The molecule has 2 aliphatic rings. The van der Waals surface area contributed by atoms with Gasteiger partial charge in [-0.05, 0) is 0 Å². The minimum absolute atomic E-state index is 0.715. The van der Waals surface area contributed by atoms with Crippen molar-refractivity contribution in [3.8, 4) is 0 Å².